The van der Waals surface area contributed by atoms with Crippen LogP contribution in [0.5, 0.6) is 0 Å². The van der Waals surface area contributed by atoms with E-state index < -0.39 is 30.2 Å². The second-order valence-electron chi connectivity index (χ2n) is 2.26. The number of nitrogens with two attached hydrogens (primary N) is 1. The second-order valence-corrected chi connectivity index (χ2v) is 2.26. The molecule has 0 aromatic rings. The highest BCUT2D eigenvalue weighted by Crippen LogP contribution is 1.90. The van der Waals surface area contributed by atoms with Crippen molar-refractivity contribution in [3.63, 3.8) is 0 Å². The first-order valence-electron chi connectivity index (χ1n) is 3.21. The maximum Gasteiger partial charge on any atom is 0.326 e. The monoisotopic (exact) mass is 174 g/mol. The zero-order valence-electron chi connectivity index (χ0n) is 6.53. The van der Waals surface area contributed by atoms with Gasteiger partial charge in [0.05, 0.1) is 6.42 Å². The van der Waals surface area contributed by atoms with Gasteiger partial charge in [0.1, 0.15) is 6.04 Å². The Balaban J connectivity index is 4.14. The molecule has 0 spiro atoms. The van der Waals surface area contributed by atoms with Gasteiger partial charge in [-0.05, 0) is 0 Å². The molecule has 0 aliphatic heterocycles. The van der Waals surface area contributed by atoms with Crippen LogP contribution in [-0.2, 0) is 14.4 Å². The summed E-state index contributed by atoms with van der Waals surface area (Å²) >= 11 is 0. The number of nitrogens with one attached hydrogen (secondary N) is 1. The molecule has 0 saturated heterocycles. The van der Waals surface area contributed by atoms with Crippen LogP contribution in [-0.4, -0.2) is 28.9 Å². The fourth-order valence-corrected chi connectivity index (χ4v) is 0.647. The lowest BCUT2D eigenvalue weighted by molar-refractivity contribution is -0.143. The minimum absolute atomic E-state index is 0.394. The van der Waals surface area contributed by atoms with E-state index in [-0.39, 0.29) is 0 Å². The van der Waals surface area contributed by atoms with Crippen molar-refractivity contribution in [3.05, 3.63) is 0 Å². The fourth-order valence-electron chi connectivity index (χ4n) is 0.647. The van der Waals surface area contributed by atoms with Crippen LogP contribution in [0.3, 0.4) is 0 Å². The summed E-state index contributed by atoms with van der Waals surface area (Å²) in [5.74, 6) is -2.55. The molecule has 0 aromatic heterocycles. The molecule has 0 saturated carbocycles. The molecular formula is C6H10N2O4. The van der Waals surface area contributed by atoms with E-state index >= 15 is 0 Å². The molecule has 2 amide bonds. The number of aliphatic carboxylic acids is 1. The highest BCUT2D eigenvalue weighted by atomic mass is 16.4. The van der Waals surface area contributed by atoms with Crippen molar-refractivity contribution in [2.45, 2.75) is 19.4 Å². The molecule has 0 aliphatic carbocycles. The van der Waals surface area contributed by atoms with Gasteiger partial charge in [-0.1, -0.05) is 0 Å². The van der Waals surface area contributed by atoms with Crippen molar-refractivity contribution >= 4 is 17.8 Å². The predicted octanol–water partition coefficient (Wildman–Crippen LogP) is -1.55. The summed E-state index contributed by atoms with van der Waals surface area (Å²) in [7, 11) is 0. The number of carboxylic acids is 1. The number of carboxylic acid groups (broad SMARTS) is 1. The van der Waals surface area contributed by atoms with Gasteiger partial charge in [-0.3, -0.25) is 9.59 Å². The summed E-state index contributed by atoms with van der Waals surface area (Å²) in [6.07, 6.45) is -0.394. The molecule has 0 radical (unpaired) electrons. The lowest BCUT2D eigenvalue weighted by atomic mass is 10.2. The largest absolute Gasteiger partial charge is 0.480 e. The maximum absolute atomic E-state index is 10.4. The van der Waals surface area contributed by atoms with Crippen LogP contribution >= 0.6 is 0 Å². The molecule has 0 fully saturated rings. The van der Waals surface area contributed by atoms with Gasteiger partial charge >= 0.3 is 5.97 Å². The third-order valence-corrected chi connectivity index (χ3v) is 1.08. The third-order valence-electron chi connectivity index (χ3n) is 1.08. The Morgan fingerprint density at radius 2 is 2.00 bits per heavy atom. The molecule has 0 aliphatic rings. The van der Waals surface area contributed by atoms with E-state index in [4.69, 9.17) is 10.8 Å². The van der Waals surface area contributed by atoms with Crippen molar-refractivity contribution in [3.8, 4) is 0 Å². The van der Waals surface area contributed by atoms with E-state index in [0.29, 0.717) is 0 Å². The molecule has 0 bridgehead atoms. The van der Waals surface area contributed by atoms with Crippen molar-refractivity contribution in [2.24, 2.45) is 5.73 Å². The number of hydrogen-bond donors (Lipinski definition) is 3. The summed E-state index contributed by atoms with van der Waals surface area (Å²) in [5.41, 5.74) is 4.75. The van der Waals surface area contributed by atoms with Crippen molar-refractivity contribution in [1.82, 2.24) is 5.32 Å². The normalized spacial score (nSPS) is 11.8. The van der Waals surface area contributed by atoms with Crippen molar-refractivity contribution in [2.75, 3.05) is 0 Å². The minimum Gasteiger partial charge on any atom is -0.480 e. The summed E-state index contributed by atoms with van der Waals surface area (Å²) in [5, 5.41) is 10.5. The van der Waals surface area contributed by atoms with Crippen LogP contribution in [0, 0.1) is 0 Å². The van der Waals surface area contributed by atoms with Gasteiger partial charge in [0.15, 0.2) is 0 Å². The lowest BCUT2D eigenvalue weighted by Gasteiger charge is -2.09. The zero-order chi connectivity index (χ0) is 9.72. The average molecular weight is 174 g/mol. The van der Waals surface area contributed by atoms with Crippen LogP contribution in [0.2, 0.25) is 0 Å². The molecule has 0 unspecified atom stereocenters. The van der Waals surface area contributed by atoms with Gasteiger partial charge in [-0.15, -0.1) is 0 Å². The topological polar surface area (TPSA) is 109 Å². The van der Waals surface area contributed by atoms with Crippen LogP contribution in [0.25, 0.3) is 0 Å². The first-order chi connectivity index (χ1) is 5.43. The van der Waals surface area contributed by atoms with E-state index in [1.165, 1.54) is 0 Å². The van der Waals surface area contributed by atoms with Crippen LogP contribution in [0.15, 0.2) is 0 Å². The number of primary amides is 1. The third kappa shape index (κ3) is 4.26. The number of rotatable bonds is 4. The SMILES string of the molecule is CC(=O)N[C@@H](CC(N)=O)C(=O)O. The van der Waals surface area contributed by atoms with Gasteiger partial charge < -0.3 is 16.2 Å². The van der Waals surface area contributed by atoms with Gasteiger partial charge in [-0.25, -0.2) is 4.79 Å². The van der Waals surface area contributed by atoms with Crippen LogP contribution in [0.4, 0.5) is 0 Å². The Kier molecular flexibility index (Phi) is 3.75. The molecular weight excluding hydrogens is 164 g/mol. The average Bonchev–Trinajstić information content (AvgIpc) is 1.83. The minimum atomic E-state index is -1.27. The molecule has 0 aromatic carbocycles. The molecule has 6 nitrogen and oxygen atoms in total. The quantitative estimate of drug-likeness (QED) is 0.479. The smallest absolute Gasteiger partial charge is 0.326 e. The number of amides is 2. The first-order valence-corrected chi connectivity index (χ1v) is 3.21. The molecule has 0 rings (SSSR count). The van der Waals surface area contributed by atoms with E-state index in [9.17, 15) is 14.4 Å². The predicted molar refractivity (Wildman–Crippen MR) is 39.1 cm³/mol. The standard InChI is InChI=1S/C6H10N2O4/c1-3(9)8-4(6(11)12)2-5(7)10/h4H,2H2,1H3,(H2,7,10)(H,8,9)(H,11,12)/t4-/m0/s1. The number of hydrogen-bond acceptors (Lipinski definition) is 3. The Hall–Kier alpha value is -1.59. The first kappa shape index (κ1) is 10.4. The Bertz CT molecular complexity index is 198. The Morgan fingerprint density at radius 3 is 2.25 bits per heavy atom. The molecule has 6 heteroatoms. The molecule has 1 atom stereocenters. The summed E-state index contributed by atoms with van der Waals surface area (Å²) < 4.78 is 0. The highest BCUT2D eigenvalue weighted by Gasteiger charge is 2.20. The number of carbonyl (C=O) groups is 3. The van der Waals surface area contributed by atoms with Crippen molar-refractivity contribution in [1.29, 1.82) is 0 Å². The van der Waals surface area contributed by atoms with E-state index in [1.54, 1.807) is 0 Å². The van der Waals surface area contributed by atoms with E-state index in [0.717, 1.165) is 6.92 Å². The summed E-state index contributed by atoms with van der Waals surface area (Å²) in [6, 6.07) is -1.22. The van der Waals surface area contributed by atoms with Gasteiger partial charge in [-0.2, -0.15) is 0 Å². The molecule has 68 valence electrons. The fraction of sp³-hybridized carbons (Fsp3) is 0.500. The Labute approximate surface area is 68.7 Å². The summed E-state index contributed by atoms with van der Waals surface area (Å²) in [6.45, 7) is 1.16. The van der Waals surface area contributed by atoms with Crippen molar-refractivity contribution < 1.29 is 19.5 Å². The molecule has 4 N–H and O–H groups in total. The van der Waals surface area contributed by atoms with E-state index in [1.807, 2.05) is 0 Å². The highest BCUT2D eigenvalue weighted by molar-refractivity contribution is 5.87. The Morgan fingerprint density at radius 1 is 1.50 bits per heavy atom. The van der Waals surface area contributed by atoms with Gasteiger partial charge in [0, 0.05) is 6.92 Å². The molecule has 12 heavy (non-hydrogen) atoms. The second kappa shape index (κ2) is 4.32. The van der Waals surface area contributed by atoms with Crippen LogP contribution in [0.1, 0.15) is 13.3 Å². The van der Waals surface area contributed by atoms with Gasteiger partial charge in [0.25, 0.3) is 0 Å². The zero-order valence-corrected chi connectivity index (χ0v) is 6.53. The van der Waals surface area contributed by atoms with E-state index in [2.05, 4.69) is 5.32 Å². The maximum atomic E-state index is 10.4. The van der Waals surface area contributed by atoms with Crippen LogP contribution < -0.4 is 11.1 Å². The molecule has 0 heterocycles. The summed E-state index contributed by atoms with van der Waals surface area (Å²) in [4.78, 5) is 31.1. The number of carbonyl (C=O) groups excluding carboxylic acids is 2. The van der Waals surface area contributed by atoms with Gasteiger partial charge in [0.2, 0.25) is 11.8 Å². The lowest BCUT2D eigenvalue weighted by Crippen LogP contribution is -2.42.